The smallest absolute Gasteiger partial charge is 0.254 e. The Bertz CT molecular complexity index is 664. The molecule has 0 aliphatic rings. The van der Waals surface area contributed by atoms with Gasteiger partial charge in [-0.05, 0) is 30.7 Å². The van der Waals surface area contributed by atoms with Crippen molar-refractivity contribution in [2.24, 2.45) is 7.05 Å². The van der Waals surface area contributed by atoms with Gasteiger partial charge in [0, 0.05) is 44.3 Å². The summed E-state index contributed by atoms with van der Waals surface area (Å²) in [6.45, 7) is 1.94. The third-order valence-corrected chi connectivity index (χ3v) is 3.44. The number of carbonyl (C=O) groups excluding carboxylic acids is 1. The van der Waals surface area contributed by atoms with Gasteiger partial charge < -0.3 is 9.47 Å². The second-order valence-electron chi connectivity index (χ2n) is 4.74. The molecule has 0 N–H and O–H groups in total. The van der Waals surface area contributed by atoms with Crippen LogP contribution in [0.25, 0.3) is 0 Å². The maximum atomic E-state index is 12.4. The van der Waals surface area contributed by atoms with E-state index in [-0.39, 0.29) is 17.5 Å². The molecule has 0 fully saturated rings. The Labute approximate surface area is 117 Å². The van der Waals surface area contributed by atoms with E-state index >= 15 is 0 Å². The summed E-state index contributed by atoms with van der Waals surface area (Å²) >= 11 is 0. The molecule has 0 aliphatic carbocycles. The van der Waals surface area contributed by atoms with Gasteiger partial charge in [-0.2, -0.15) is 0 Å². The summed E-state index contributed by atoms with van der Waals surface area (Å²) in [5.41, 5.74) is 1.21. The number of hydrogen-bond acceptors (Lipinski definition) is 3. The Kier molecular flexibility index (Phi) is 3.98. The quantitative estimate of drug-likeness (QED) is 0.852. The van der Waals surface area contributed by atoms with Gasteiger partial charge in [-0.25, -0.2) is 0 Å². The van der Waals surface area contributed by atoms with E-state index in [1.165, 1.54) is 10.6 Å². The van der Waals surface area contributed by atoms with Gasteiger partial charge in [-0.3, -0.25) is 14.6 Å². The number of aryl methyl sites for hydroxylation is 1. The predicted octanol–water partition coefficient (Wildman–Crippen LogP) is 1.61. The van der Waals surface area contributed by atoms with Gasteiger partial charge in [0.1, 0.15) is 0 Å². The highest BCUT2D eigenvalue weighted by molar-refractivity contribution is 5.94. The average Bonchev–Trinajstić information content (AvgIpc) is 2.48. The first-order chi connectivity index (χ1) is 9.50. The standard InChI is InChI=1S/C15H17N3O2/c1-11(12-4-7-16-8-5-12)18(3)15(20)13-6-9-17(2)14(19)10-13/h4-11H,1-3H3. The number of hydrogen-bond donors (Lipinski definition) is 0. The van der Waals surface area contributed by atoms with Gasteiger partial charge in [-0.15, -0.1) is 0 Å². The molecule has 0 radical (unpaired) electrons. The Morgan fingerprint density at radius 2 is 1.95 bits per heavy atom. The molecule has 5 nitrogen and oxygen atoms in total. The Morgan fingerprint density at radius 1 is 1.30 bits per heavy atom. The van der Waals surface area contributed by atoms with Crippen LogP contribution >= 0.6 is 0 Å². The molecule has 5 heteroatoms. The summed E-state index contributed by atoms with van der Waals surface area (Å²) in [6.07, 6.45) is 4.99. The molecular formula is C15H17N3O2. The second-order valence-corrected chi connectivity index (χ2v) is 4.74. The summed E-state index contributed by atoms with van der Waals surface area (Å²) in [5.74, 6) is -0.174. The molecule has 0 spiro atoms. The normalized spacial score (nSPS) is 11.9. The van der Waals surface area contributed by atoms with Gasteiger partial charge in [0.15, 0.2) is 0 Å². The lowest BCUT2D eigenvalue weighted by molar-refractivity contribution is 0.0742. The average molecular weight is 271 g/mol. The molecule has 104 valence electrons. The molecular weight excluding hydrogens is 254 g/mol. The Balaban J connectivity index is 2.24. The fourth-order valence-electron chi connectivity index (χ4n) is 1.93. The zero-order valence-electron chi connectivity index (χ0n) is 11.8. The number of aromatic nitrogens is 2. The Morgan fingerprint density at radius 3 is 2.55 bits per heavy atom. The van der Waals surface area contributed by atoms with E-state index in [9.17, 15) is 9.59 Å². The van der Waals surface area contributed by atoms with Gasteiger partial charge in [-0.1, -0.05) is 0 Å². The number of carbonyl (C=O) groups is 1. The van der Waals surface area contributed by atoms with E-state index < -0.39 is 0 Å². The van der Waals surface area contributed by atoms with Crippen LogP contribution in [0.4, 0.5) is 0 Å². The first-order valence-corrected chi connectivity index (χ1v) is 6.34. The summed E-state index contributed by atoms with van der Waals surface area (Å²) < 4.78 is 1.43. The zero-order valence-corrected chi connectivity index (χ0v) is 11.8. The van der Waals surface area contributed by atoms with Crippen molar-refractivity contribution in [3.63, 3.8) is 0 Å². The minimum atomic E-state index is -0.194. The van der Waals surface area contributed by atoms with E-state index in [0.29, 0.717) is 5.56 Å². The van der Waals surface area contributed by atoms with Crippen LogP contribution < -0.4 is 5.56 Å². The number of pyridine rings is 2. The lowest BCUT2D eigenvalue weighted by Gasteiger charge is -2.25. The molecule has 0 aliphatic heterocycles. The molecule has 1 amide bonds. The molecule has 0 aromatic carbocycles. The van der Waals surface area contributed by atoms with Crippen LogP contribution in [-0.4, -0.2) is 27.4 Å². The first kappa shape index (κ1) is 14.0. The zero-order chi connectivity index (χ0) is 14.7. The summed E-state index contributed by atoms with van der Waals surface area (Å²) in [7, 11) is 3.38. The highest BCUT2D eigenvalue weighted by Gasteiger charge is 2.19. The van der Waals surface area contributed by atoms with Crippen LogP contribution in [-0.2, 0) is 7.05 Å². The fraction of sp³-hybridized carbons (Fsp3) is 0.267. The topological polar surface area (TPSA) is 55.2 Å². The maximum absolute atomic E-state index is 12.4. The molecule has 2 rings (SSSR count). The first-order valence-electron chi connectivity index (χ1n) is 6.34. The van der Waals surface area contributed by atoms with Crippen LogP contribution in [0.1, 0.15) is 28.9 Å². The minimum absolute atomic E-state index is 0.0884. The van der Waals surface area contributed by atoms with Crippen LogP contribution in [0.5, 0.6) is 0 Å². The van der Waals surface area contributed by atoms with Crippen molar-refractivity contribution in [1.82, 2.24) is 14.5 Å². The van der Waals surface area contributed by atoms with Crippen molar-refractivity contribution in [1.29, 1.82) is 0 Å². The van der Waals surface area contributed by atoms with Crippen molar-refractivity contribution in [2.75, 3.05) is 7.05 Å². The third kappa shape index (κ3) is 2.77. The van der Waals surface area contributed by atoms with E-state index in [4.69, 9.17) is 0 Å². The largest absolute Gasteiger partial charge is 0.335 e. The summed E-state index contributed by atoms with van der Waals surface area (Å²) in [6, 6.07) is 6.67. The van der Waals surface area contributed by atoms with Gasteiger partial charge in [0.05, 0.1) is 6.04 Å². The molecule has 0 saturated carbocycles. The lowest BCUT2D eigenvalue weighted by Crippen LogP contribution is -2.31. The van der Waals surface area contributed by atoms with E-state index in [0.717, 1.165) is 5.56 Å². The van der Waals surface area contributed by atoms with Crippen LogP contribution in [0.2, 0.25) is 0 Å². The highest BCUT2D eigenvalue weighted by atomic mass is 16.2. The molecule has 1 unspecified atom stereocenters. The number of amides is 1. The van der Waals surface area contributed by atoms with Gasteiger partial charge >= 0.3 is 0 Å². The maximum Gasteiger partial charge on any atom is 0.254 e. The monoisotopic (exact) mass is 271 g/mol. The molecule has 0 saturated heterocycles. The number of rotatable bonds is 3. The predicted molar refractivity (Wildman–Crippen MR) is 76.4 cm³/mol. The molecule has 2 aromatic heterocycles. The number of nitrogens with zero attached hydrogens (tertiary/aromatic N) is 3. The van der Waals surface area contributed by atoms with E-state index in [2.05, 4.69) is 4.98 Å². The molecule has 0 bridgehead atoms. The summed E-state index contributed by atoms with van der Waals surface area (Å²) in [4.78, 5) is 29.6. The van der Waals surface area contributed by atoms with Crippen molar-refractivity contribution in [2.45, 2.75) is 13.0 Å². The van der Waals surface area contributed by atoms with Crippen molar-refractivity contribution < 1.29 is 4.79 Å². The van der Waals surface area contributed by atoms with Gasteiger partial charge in [0.25, 0.3) is 11.5 Å². The van der Waals surface area contributed by atoms with Crippen molar-refractivity contribution in [3.8, 4) is 0 Å². The van der Waals surface area contributed by atoms with Gasteiger partial charge in [0.2, 0.25) is 0 Å². The van der Waals surface area contributed by atoms with Crippen LogP contribution in [0.3, 0.4) is 0 Å². The Hall–Kier alpha value is -2.43. The highest BCUT2D eigenvalue weighted by Crippen LogP contribution is 2.19. The molecule has 1 atom stereocenters. The van der Waals surface area contributed by atoms with E-state index in [1.54, 1.807) is 43.7 Å². The molecule has 20 heavy (non-hydrogen) atoms. The fourth-order valence-corrected chi connectivity index (χ4v) is 1.93. The minimum Gasteiger partial charge on any atom is -0.335 e. The SMILES string of the molecule is CC(c1ccncc1)N(C)C(=O)c1ccn(C)c(=O)c1. The second kappa shape index (κ2) is 5.69. The molecule has 2 heterocycles. The summed E-state index contributed by atoms with van der Waals surface area (Å²) in [5, 5.41) is 0. The van der Waals surface area contributed by atoms with Crippen molar-refractivity contribution >= 4 is 5.91 Å². The molecule has 2 aromatic rings. The van der Waals surface area contributed by atoms with Crippen LogP contribution in [0.15, 0.2) is 47.7 Å². The third-order valence-electron chi connectivity index (χ3n) is 3.44. The lowest BCUT2D eigenvalue weighted by atomic mass is 10.1. The van der Waals surface area contributed by atoms with Crippen molar-refractivity contribution in [3.05, 3.63) is 64.3 Å². The van der Waals surface area contributed by atoms with Crippen LogP contribution in [0, 0.1) is 0 Å². The van der Waals surface area contributed by atoms with E-state index in [1.807, 2.05) is 19.1 Å².